The Bertz CT molecular complexity index is 689. The number of carbonyl (C=O) groups is 3. The van der Waals surface area contributed by atoms with Crippen molar-refractivity contribution in [3.05, 3.63) is 23.8 Å². The Morgan fingerprint density at radius 3 is 2.43 bits per heavy atom. The number of rotatable bonds is 4. The third kappa shape index (κ3) is 2.31. The number of imide groups is 1. The summed E-state index contributed by atoms with van der Waals surface area (Å²) in [5.74, 6) is -2.89. The van der Waals surface area contributed by atoms with E-state index in [4.69, 9.17) is 9.47 Å². The molecule has 0 aliphatic carbocycles. The molecule has 4 atom stereocenters. The maximum atomic E-state index is 12.1. The summed E-state index contributed by atoms with van der Waals surface area (Å²) in [7, 11) is 2.99. The minimum Gasteiger partial charge on any atom is -0.497 e. The molecule has 2 fully saturated rings. The summed E-state index contributed by atoms with van der Waals surface area (Å²) in [5.41, 5.74) is 0.608. The Labute approximate surface area is 131 Å². The number of methoxy groups -OCH3 is 2. The standard InChI is InChI=1S/C15H16N2O6/c1-22-6-3-4-7(8(5-6)23-2)11-9-10(12(16-11)15(20)21)14(19)17-13(9)18/h3-5,9-12,16H,1-2H3,(H,20,21)(H,17,18,19)/t9-,10+,11+,12+/m1/s1. The van der Waals surface area contributed by atoms with E-state index in [1.807, 2.05) is 0 Å². The summed E-state index contributed by atoms with van der Waals surface area (Å²) in [6.45, 7) is 0. The van der Waals surface area contributed by atoms with Crippen molar-refractivity contribution in [2.75, 3.05) is 14.2 Å². The van der Waals surface area contributed by atoms with Crippen molar-refractivity contribution in [1.29, 1.82) is 0 Å². The fourth-order valence-corrected chi connectivity index (χ4v) is 3.32. The lowest BCUT2D eigenvalue weighted by atomic mass is 9.86. The van der Waals surface area contributed by atoms with E-state index in [2.05, 4.69) is 10.6 Å². The van der Waals surface area contributed by atoms with Crippen LogP contribution in [0.1, 0.15) is 11.6 Å². The van der Waals surface area contributed by atoms with Crippen LogP contribution in [0.4, 0.5) is 0 Å². The number of hydrogen-bond donors (Lipinski definition) is 3. The maximum Gasteiger partial charge on any atom is 0.321 e. The third-order valence-corrected chi connectivity index (χ3v) is 4.36. The number of carboxylic acid groups (broad SMARTS) is 1. The van der Waals surface area contributed by atoms with E-state index >= 15 is 0 Å². The number of carboxylic acids is 1. The zero-order valence-corrected chi connectivity index (χ0v) is 12.5. The van der Waals surface area contributed by atoms with Crippen LogP contribution in [0, 0.1) is 11.8 Å². The Hall–Kier alpha value is -2.61. The molecule has 8 nitrogen and oxygen atoms in total. The number of benzene rings is 1. The van der Waals surface area contributed by atoms with Crippen LogP contribution in [0.2, 0.25) is 0 Å². The van der Waals surface area contributed by atoms with E-state index in [0.717, 1.165) is 0 Å². The number of aliphatic carboxylic acids is 1. The number of fused-ring (bicyclic) bond motifs is 1. The van der Waals surface area contributed by atoms with Gasteiger partial charge in [0.1, 0.15) is 17.5 Å². The lowest BCUT2D eigenvalue weighted by Gasteiger charge is -2.20. The quantitative estimate of drug-likeness (QED) is 0.652. The van der Waals surface area contributed by atoms with Crippen molar-refractivity contribution in [2.24, 2.45) is 11.8 Å². The van der Waals surface area contributed by atoms with E-state index in [1.165, 1.54) is 14.2 Å². The Balaban J connectivity index is 2.04. The molecule has 2 aliphatic rings. The van der Waals surface area contributed by atoms with Crippen molar-refractivity contribution in [1.82, 2.24) is 10.6 Å². The van der Waals surface area contributed by atoms with E-state index in [1.54, 1.807) is 18.2 Å². The third-order valence-electron chi connectivity index (χ3n) is 4.36. The average Bonchev–Trinajstić information content (AvgIpc) is 3.06. The molecule has 0 bridgehead atoms. The SMILES string of the molecule is COc1ccc([C@@H]2N[C@H](C(=O)O)[C@H]3C(=O)NC(=O)[C@H]32)c(OC)c1. The van der Waals surface area contributed by atoms with Gasteiger partial charge >= 0.3 is 5.97 Å². The first-order valence-corrected chi connectivity index (χ1v) is 7.03. The molecule has 2 aliphatic heterocycles. The lowest BCUT2D eigenvalue weighted by molar-refractivity contribution is -0.142. The number of nitrogens with one attached hydrogen (secondary N) is 2. The first-order valence-electron chi connectivity index (χ1n) is 7.03. The monoisotopic (exact) mass is 320 g/mol. The minimum atomic E-state index is -1.17. The molecule has 3 rings (SSSR count). The lowest BCUT2D eigenvalue weighted by Crippen LogP contribution is -2.41. The summed E-state index contributed by atoms with van der Waals surface area (Å²) >= 11 is 0. The van der Waals surface area contributed by atoms with Gasteiger partial charge in [0.05, 0.1) is 26.1 Å². The first kappa shape index (κ1) is 15.3. The second kappa shape index (κ2) is 5.54. The molecule has 2 heterocycles. The minimum absolute atomic E-state index is 0.457. The van der Waals surface area contributed by atoms with Crippen LogP contribution in [0.25, 0.3) is 0 Å². The molecule has 0 spiro atoms. The van der Waals surface area contributed by atoms with Gasteiger partial charge in [-0.15, -0.1) is 0 Å². The molecule has 2 saturated heterocycles. The van der Waals surface area contributed by atoms with Gasteiger partial charge < -0.3 is 14.6 Å². The molecule has 122 valence electrons. The van der Waals surface area contributed by atoms with E-state index in [0.29, 0.717) is 17.1 Å². The fourth-order valence-electron chi connectivity index (χ4n) is 3.32. The summed E-state index contributed by atoms with van der Waals surface area (Å²) in [6, 6.07) is 3.29. The van der Waals surface area contributed by atoms with Crippen molar-refractivity contribution < 1.29 is 29.0 Å². The molecular weight excluding hydrogens is 304 g/mol. The molecule has 1 aromatic rings. The molecule has 0 saturated carbocycles. The summed E-state index contributed by atoms with van der Waals surface area (Å²) < 4.78 is 10.5. The second-order valence-corrected chi connectivity index (χ2v) is 5.47. The largest absolute Gasteiger partial charge is 0.497 e. The summed E-state index contributed by atoms with van der Waals surface area (Å²) in [5, 5.41) is 14.4. The van der Waals surface area contributed by atoms with Gasteiger partial charge in [-0.1, -0.05) is 6.07 Å². The van der Waals surface area contributed by atoms with Crippen molar-refractivity contribution in [3.63, 3.8) is 0 Å². The van der Waals surface area contributed by atoms with Gasteiger partial charge in [-0.3, -0.25) is 25.0 Å². The first-order chi connectivity index (χ1) is 11.0. The van der Waals surface area contributed by atoms with Crippen molar-refractivity contribution in [3.8, 4) is 11.5 Å². The highest BCUT2D eigenvalue weighted by Crippen LogP contribution is 2.44. The second-order valence-electron chi connectivity index (χ2n) is 5.47. The van der Waals surface area contributed by atoms with Crippen molar-refractivity contribution in [2.45, 2.75) is 12.1 Å². The molecule has 3 N–H and O–H groups in total. The van der Waals surface area contributed by atoms with Gasteiger partial charge in [0.2, 0.25) is 11.8 Å². The van der Waals surface area contributed by atoms with E-state index in [9.17, 15) is 19.5 Å². The molecule has 1 aromatic carbocycles. The summed E-state index contributed by atoms with van der Waals surface area (Å²) in [6.07, 6.45) is 0. The van der Waals surface area contributed by atoms with E-state index in [-0.39, 0.29) is 0 Å². The van der Waals surface area contributed by atoms with Gasteiger partial charge in [0.25, 0.3) is 0 Å². The molecule has 8 heteroatoms. The van der Waals surface area contributed by atoms with E-state index < -0.39 is 41.7 Å². The highest BCUT2D eigenvalue weighted by atomic mass is 16.5. The van der Waals surface area contributed by atoms with Crippen LogP contribution in [0.5, 0.6) is 11.5 Å². The van der Waals surface area contributed by atoms with Gasteiger partial charge in [-0.05, 0) is 6.07 Å². The molecule has 0 aromatic heterocycles. The number of ether oxygens (including phenoxy) is 2. The molecule has 0 radical (unpaired) electrons. The predicted octanol–water partition coefficient (Wildman–Crippen LogP) is -0.310. The van der Waals surface area contributed by atoms with Gasteiger partial charge in [0.15, 0.2) is 0 Å². The van der Waals surface area contributed by atoms with Gasteiger partial charge in [-0.25, -0.2) is 0 Å². The molecule has 0 unspecified atom stereocenters. The zero-order chi connectivity index (χ0) is 16.7. The highest BCUT2D eigenvalue weighted by molar-refractivity contribution is 6.08. The zero-order valence-electron chi connectivity index (χ0n) is 12.5. The Kier molecular flexibility index (Phi) is 3.69. The average molecular weight is 320 g/mol. The normalized spacial score (nSPS) is 29.1. The van der Waals surface area contributed by atoms with Crippen LogP contribution in [-0.2, 0) is 14.4 Å². The van der Waals surface area contributed by atoms with Gasteiger partial charge in [-0.2, -0.15) is 0 Å². The number of carbonyl (C=O) groups excluding carboxylic acids is 2. The Morgan fingerprint density at radius 2 is 1.83 bits per heavy atom. The molecular formula is C15H16N2O6. The molecule has 2 amide bonds. The van der Waals surface area contributed by atoms with Crippen LogP contribution in [0.15, 0.2) is 18.2 Å². The molecule has 23 heavy (non-hydrogen) atoms. The number of amides is 2. The predicted molar refractivity (Wildman–Crippen MR) is 77.0 cm³/mol. The number of hydrogen-bond acceptors (Lipinski definition) is 6. The Morgan fingerprint density at radius 1 is 1.13 bits per heavy atom. The highest BCUT2D eigenvalue weighted by Gasteiger charge is 2.58. The van der Waals surface area contributed by atoms with Crippen LogP contribution in [-0.4, -0.2) is 43.2 Å². The van der Waals surface area contributed by atoms with Crippen LogP contribution >= 0.6 is 0 Å². The smallest absolute Gasteiger partial charge is 0.321 e. The fraction of sp³-hybridized carbons (Fsp3) is 0.400. The van der Waals surface area contributed by atoms with Crippen molar-refractivity contribution >= 4 is 17.8 Å². The summed E-state index contributed by atoms with van der Waals surface area (Å²) in [4.78, 5) is 35.5. The van der Waals surface area contributed by atoms with Gasteiger partial charge in [0, 0.05) is 17.7 Å². The van der Waals surface area contributed by atoms with Crippen LogP contribution in [0.3, 0.4) is 0 Å². The topological polar surface area (TPSA) is 114 Å². The maximum absolute atomic E-state index is 12.1. The van der Waals surface area contributed by atoms with Crippen LogP contribution < -0.4 is 20.1 Å².